The van der Waals surface area contributed by atoms with Crippen molar-refractivity contribution in [1.29, 1.82) is 0 Å². The number of benzene rings is 1. The van der Waals surface area contributed by atoms with Crippen LogP contribution in [0.1, 0.15) is 54.1 Å². The SMILES string of the molecule is O=C(O)CC1(NC(=O)c2cc(C3CC3)nc3ccc(F)cc23)CCOCC1. The number of carbonyl (C=O) groups is 2. The largest absolute Gasteiger partial charge is 0.481 e. The van der Waals surface area contributed by atoms with Gasteiger partial charge in [-0.1, -0.05) is 0 Å². The van der Waals surface area contributed by atoms with Crippen LogP contribution in [0.25, 0.3) is 10.9 Å². The van der Waals surface area contributed by atoms with Crippen LogP contribution in [0, 0.1) is 5.82 Å². The summed E-state index contributed by atoms with van der Waals surface area (Å²) in [5, 5.41) is 12.7. The average molecular weight is 372 g/mol. The van der Waals surface area contributed by atoms with Crippen LogP contribution < -0.4 is 5.32 Å². The number of hydrogen-bond donors (Lipinski definition) is 2. The Morgan fingerprint density at radius 3 is 2.67 bits per heavy atom. The van der Waals surface area contributed by atoms with Gasteiger partial charge in [-0.3, -0.25) is 14.6 Å². The third-order valence-electron chi connectivity index (χ3n) is 5.35. The van der Waals surface area contributed by atoms with E-state index in [4.69, 9.17) is 4.74 Å². The van der Waals surface area contributed by atoms with E-state index in [1.54, 1.807) is 12.1 Å². The Kier molecular flexibility index (Phi) is 4.55. The highest BCUT2D eigenvalue weighted by Gasteiger charge is 2.37. The Bertz CT molecular complexity index is 904. The third-order valence-corrected chi connectivity index (χ3v) is 5.35. The van der Waals surface area contributed by atoms with Gasteiger partial charge in [0.25, 0.3) is 5.91 Å². The first kappa shape index (κ1) is 17.9. The maximum absolute atomic E-state index is 13.8. The molecule has 2 fully saturated rings. The number of fused-ring (bicyclic) bond motifs is 1. The zero-order valence-corrected chi connectivity index (χ0v) is 14.8. The van der Waals surface area contributed by atoms with Crippen LogP contribution in [-0.4, -0.2) is 40.7 Å². The molecule has 1 aromatic heterocycles. The van der Waals surface area contributed by atoms with Crippen molar-refractivity contribution in [2.24, 2.45) is 0 Å². The molecule has 0 bridgehead atoms. The second-order valence-electron chi connectivity index (χ2n) is 7.45. The molecule has 27 heavy (non-hydrogen) atoms. The summed E-state index contributed by atoms with van der Waals surface area (Å²) >= 11 is 0. The van der Waals surface area contributed by atoms with Crippen LogP contribution >= 0.6 is 0 Å². The quantitative estimate of drug-likeness (QED) is 0.842. The predicted molar refractivity (Wildman–Crippen MR) is 96.2 cm³/mol. The molecule has 0 radical (unpaired) electrons. The second-order valence-corrected chi connectivity index (χ2v) is 7.45. The average Bonchev–Trinajstić information content (AvgIpc) is 3.46. The molecular weight excluding hydrogens is 351 g/mol. The lowest BCUT2D eigenvalue weighted by molar-refractivity contribution is -0.139. The molecule has 0 atom stereocenters. The molecule has 1 saturated carbocycles. The van der Waals surface area contributed by atoms with Crippen LogP contribution in [0.2, 0.25) is 0 Å². The third kappa shape index (κ3) is 3.78. The number of halogens is 1. The molecule has 6 nitrogen and oxygen atoms in total. The Balaban J connectivity index is 1.72. The number of nitrogens with one attached hydrogen (secondary N) is 1. The van der Waals surface area contributed by atoms with E-state index in [2.05, 4.69) is 10.3 Å². The molecule has 4 rings (SSSR count). The number of aliphatic carboxylic acids is 1. The highest BCUT2D eigenvalue weighted by atomic mass is 19.1. The van der Waals surface area contributed by atoms with Crippen molar-refractivity contribution < 1.29 is 23.8 Å². The van der Waals surface area contributed by atoms with Crippen LogP contribution in [0.15, 0.2) is 24.3 Å². The van der Waals surface area contributed by atoms with Gasteiger partial charge in [-0.15, -0.1) is 0 Å². The van der Waals surface area contributed by atoms with Crippen molar-refractivity contribution >= 4 is 22.8 Å². The van der Waals surface area contributed by atoms with Gasteiger partial charge in [0.2, 0.25) is 0 Å². The van der Waals surface area contributed by atoms with Gasteiger partial charge in [0, 0.05) is 30.2 Å². The summed E-state index contributed by atoms with van der Waals surface area (Å²) in [6.07, 6.45) is 2.74. The van der Waals surface area contributed by atoms with Gasteiger partial charge >= 0.3 is 5.97 Å². The highest BCUT2D eigenvalue weighted by molar-refractivity contribution is 6.06. The molecule has 0 unspecified atom stereocenters. The van der Waals surface area contributed by atoms with E-state index in [-0.39, 0.29) is 6.42 Å². The van der Waals surface area contributed by atoms with Gasteiger partial charge < -0.3 is 15.2 Å². The van der Waals surface area contributed by atoms with Gasteiger partial charge in [0.05, 0.1) is 23.0 Å². The lowest BCUT2D eigenvalue weighted by Gasteiger charge is -2.37. The van der Waals surface area contributed by atoms with Crippen molar-refractivity contribution in [2.75, 3.05) is 13.2 Å². The van der Waals surface area contributed by atoms with E-state index in [0.29, 0.717) is 48.4 Å². The molecule has 2 heterocycles. The van der Waals surface area contributed by atoms with Crippen LogP contribution in [-0.2, 0) is 9.53 Å². The number of carboxylic acid groups (broad SMARTS) is 1. The summed E-state index contributed by atoms with van der Waals surface area (Å²) in [7, 11) is 0. The smallest absolute Gasteiger partial charge is 0.305 e. The molecule has 0 spiro atoms. The van der Waals surface area contributed by atoms with E-state index in [1.807, 2.05) is 0 Å². The number of rotatable bonds is 5. The van der Waals surface area contributed by atoms with Crippen molar-refractivity contribution in [1.82, 2.24) is 10.3 Å². The van der Waals surface area contributed by atoms with Crippen LogP contribution in [0.4, 0.5) is 4.39 Å². The van der Waals surface area contributed by atoms with Gasteiger partial charge in [-0.05, 0) is 49.9 Å². The Labute approximate surface area is 155 Å². The summed E-state index contributed by atoms with van der Waals surface area (Å²) in [6.45, 7) is 0.791. The van der Waals surface area contributed by atoms with Crippen molar-refractivity contribution in [3.63, 3.8) is 0 Å². The van der Waals surface area contributed by atoms with Gasteiger partial charge in [-0.2, -0.15) is 0 Å². The van der Waals surface area contributed by atoms with Crippen LogP contribution in [0.3, 0.4) is 0 Å². The second kappa shape index (κ2) is 6.88. The Morgan fingerprint density at radius 2 is 2.00 bits per heavy atom. The Morgan fingerprint density at radius 1 is 1.26 bits per heavy atom. The van der Waals surface area contributed by atoms with E-state index in [0.717, 1.165) is 18.5 Å². The van der Waals surface area contributed by atoms with E-state index < -0.39 is 23.2 Å². The number of pyridine rings is 1. The standard InChI is InChI=1S/C20H21FN2O4/c21-13-3-4-16-14(9-13)15(10-17(22-16)12-1-2-12)19(26)23-20(11-18(24)25)5-7-27-8-6-20/h3-4,9-10,12H,1-2,5-8,11H2,(H,23,26)(H,24,25). The van der Waals surface area contributed by atoms with Crippen molar-refractivity contribution in [2.45, 2.75) is 43.6 Å². The van der Waals surface area contributed by atoms with E-state index >= 15 is 0 Å². The normalized spacial score (nSPS) is 19.0. The van der Waals surface area contributed by atoms with Crippen molar-refractivity contribution in [3.05, 3.63) is 41.3 Å². The van der Waals surface area contributed by atoms with Crippen molar-refractivity contribution in [3.8, 4) is 0 Å². The first-order chi connectivity index (χ1) is 13.0. The number of carboxylic acids is 1. The zero-order valence-electron chi connectivity index (χ0n) is 14.8. The fraction of sp³-hybridized carbons (Fsp3) is 0.450. The fourth-order valence-electron chi connectivity index (χ4n) is 3.70. The predicted octanol–water partition coefficient (Wildman–Crippen LogP) is 3.01. The highest BCUT2D eigenvalue weighted by Crippen LogP contribution is 2.40. The number of amides is 1. The maximum Gasteiger partial charge on any atom is 0.305 e. The summed E-state index contributed by atoms with van der Waals surface area (Å²) in [4.78, 5) is 29.0. The molecule has 142 valence electrons. The topological polar surface area (TPSA) is 88.5 Å². The number of ether oxygens (including phenoxy) is 1. The number of aromatic nitrogens is 1. The summed E-state index contributed by atoms with van der Waals surface area (Å²) in [5.41, 5.74) is 0.894. The molecule has 7 heteroatoms. The zero-order chi connectivity index (χ0) is 19.0. The van der Waals surface area contributed by atoms with E-state index in [1.165, 1.54) is 12.1 Å². The monoisotopic (exact) mass is 372 g/mol. The van der Waals surface area contributed by atoms with Gasteiger partial charge in [0.1, 0.15) is 5.82 Å². The maximum atomic E-state index is 13.8. The van der Waals surface area contributed by atoms with E-state index in [9.17, 15) is 19.1 Å². The minimum Gasteiger partial charge on any atom is -0.481 e. The number of hydrogen-bond acceptors (Lipinski definition) is 4. The lowest BCUT2D eigenvalue weighted by Crippen LogP contribution is -2.53. The molecule has 1 amide bonds. The molecule has 2 aliphatic rings. The Hall–Kier alpha value is -2.54. The molecule has 1 saturated heterocycles. The minimum absolute atomic E-state index is 0.172. The first-order valence-electron chi connectivity index (χ1n) is 9.18. The lowest BCUT2D eigenvalue weighted by atomic mass is 9.86. The summed E-state index contributed by atoms with van der Waals surface area (Å²) in [5.74, 6) is -1.47. The molecule has 1 aliphatic carbocycles. The van der Waals surface area contributed by atoms with Gasteiger partial charge in [-0.25, -0.2) is 4.39 Å². The van der Waals surface area contributed by atoms with Gasteiger partial charge in [0.15, 0.2) is 0 Å². The number of nitrogens with zero attached hydrogens (tertiary/aromatic N) is 1. The fourth-order valence-corrected chi connectivity index (χ4v) is 3.70. The summed E-state index contributed by atoms with van der Waals surface area (Å²) < 4.78 is 19.1. The van der Waals surface area contributed by atoms with Crippen LogP contribution in [0.5, 0.6) is 0 Å². The minimum atomic E-state index is -0.971. The summed E-state index contributed by atoms with van der Waals surface area (Å²) in [6, 6.07) is 5.94. The first-order valence-corrected chi connectivity index (χ1v) is 9.18. The number of carbonyl (C=O) groups excluding carboxylic acids is 1. The molecule has 1 aliphatic heterocycles. The molecule has 2 N–H and O–H groups in total. The molecule has 1 aromatic carbocycles. The molecular formula is C20H21FN2O4. The molecule has 2 aromatic rings.